The Morgan fingerprint density at radius 2 is 1.76 bits per heavy atom. The highest BCUT2D eigenvalue weighted by molar-refractivity contribution is 7.97. The standard InChI is InChI=1S/C23H26N6S.C3H8O2.C2H6/c1-2-28(30-20-10-8-17-5-3-4-6-18(17)12-20)13-16-7-9-19(11-16)29-15-27-21-22(24)25-14-26-23(21)29;1-3(2,4)5;1-2/h3-6,8,10,12,14-16,19H,2,7,9,11,13H2,1H3,(H2,24,25,26);4-5H,1-2H3;1-2H3. The SMILES string of the molecule is CC.CC(C)(O)O.CCN(CC1CCC(n2cnc3c(N)ncnc32)C1)Sc1ccc2ccccc2c1. The van der Waals surface area contributed by atoms with E-state index in [4.69, 9.17) is 15.9 Å². The first-order chi connectivity index (χ1) is 17.7. The van der Waals surface area contributed by atoms with Gasteiger partial charge in [-0.15, -0.1) is 0 Å². The number of aliphatic hydroxyl groups is 2. The number of nitrogen functional groups attached to an aromatic ring is 1. The Morgan fingerprint density at radius 3 is 2.46 bits per heavy atom. The lowest BCUT2D eigenvalue weighted by Crippen LogP contribution is -2.22. The van der Waals surface area contributed by atoms with E-state index >= 15 is 0 Å². The molecule has 4 aromatic rings. The van der Waals surface area contributed by atoms with Gasteiger partial charge in [0.15, 0.2) is 17.3 Å². The topological polar surface area (TPSA) is 113 Å². The van der Waals surface area contributed by atoms with Gasteiger partial charge in [-0.2, -0.15) is 0 Å². The monoisotopic (exact) mass is 524 g/mol. The van der Waals surface area contributed by atoms with Gasteiger partial charge in [0, 0.05) is 24.0 Å². The minimum absolute atomic E-state index is 0.429. The smallest absolute Gasteiger partial charge is 0.165 e. The average Bonchev–Trinajstić information content (AvgIpc) is 3.51. The van der Waals surface area contributed by atoms with Gasteiger partial charge < -0.3 is 20.5 Å². The maximum absolute atomic E-state index is 8.08. The third-order valence-electron chi connectivity index (χ3n) is 6.06. The van der Waals surface area contributed by atoms with E-state index < -0.39 is 5.79 Å². The molecular formula is C28H40N6O2S. The number of nitrogens with two attached hydrogens (primary N) is 1. The Hall–Kier alpha value is -2.72. The van der Waals surface area contributed by atoms with Gasteiger partial charge in [-0.25, -0.2) is 19.3 Å². The molecule has 37 heavy (non-hydrogen) atoms. The second-order valence-electron chi connectivity index (χ2n) is 9.49. The molecule has 4 N–H and O–H groups in total. The normalized spacial score (nSPS) is 17.4. The van der Waals surface area contributed by atoms with Crippen LogP contribution in [0.1, 0.15) is 59.9 Å². The van der Waals surface area contributed by atoms with Gasteiger partial charge in [0.05, 0.1) is 6.33 Å². The van der Waals surface area contributed by atoms with Crippen LogP contribution in [0.3, 0.4) is 0 Å². The molecule has 0 spiro atoms. The molecule has 1 saturated carbocycles. The van der Waals surface area contributed by atoms with Gasteiger partial charge in [0.1, 0.15) is 11.8 Å². The molecule has 0 radical (unpaired) electrons. The molecule has 2 aromatic heterocycles. The summed E-state index contributed by atoms with van der Waals surface area (Å²) in [5.74, 6) is -0.378. The van der Waals surface area contributed by atoms with Crippen LogP contribution in [0.25, 0.3) is 21.9 Å². The lowest BCUT2D eigenvalue weighted by atomic mass is 10.1. The predicted molar refractivity (Wildman–Crippen MR) is 153 cm³/mol. The van der Waals surface area contributed by atoms with Gasteiger partial charge in [-0.3, -0.25) is 0 Å². The zero-order valence-corrected chi connectivity index (χ0v) is 23.3. The second kappa shape index (κ2) is 13.2. The fourth-order valence-electron chi connectivity index (χ4n) is 4.50. The van der Waals surface area contributed by atoms with Crippen LogP contribution in [0.4, 0.5) is 5.82 Å². The van der Waals surface area contributed by atoms with Gasteiger partial charge in [-0.1, -0.05) is 51.1 Å². The van der Waals surface area contributed by atoms with Crippen LogP contribution in [0.15, 0.2) is 60.0 Å². The number of aromatic nitrogens is 4. The maximum Gasteiger partial charge on any atom is 0.165 e. The maximum atomic E-state index is 8.08. The van der Waals surface area contributed by atoms with Gasteiger partial charge in [0.2, 0.25) is 0 Å². The zero-order chi connectivity index (χ0) is 27.0. The lowest BCUT2D eigenvalue weighted by Gasteiger charge is -2.23. The molecule has 2 heterocycles. The minimum atomic E-state index is -1.50. The number of benzene rings is 2. The van der Waals surface area contributed by atoms with Crippen LogP contribution >= 0.6 is 11.9 Å². The molecule has 0 saturated heterocycles. The molecule has 0 amide bonds. The molecule has 0 aliphatic heterocycles. The molecule has 1 aliphatic carbocycles. The van der Waals surface area contributed by atoms with Crippen molar-refractivity contribution in [1.82, 2.24) is 23.8 Å². The van der Waals surface area contributed by atoms with E-state index in [-0.39, 0.29) is 0 Å². The molecule has 8 nitrogen and oxygen atoms in total. The van der Waals surface area contributed by atoms with Crippen molar-refractivity contribution in [3.8, 4) is 0 Å². The number of anilines is 1. The minimum Gasteiger partial charge on any atom is -0.382 e. The van der Waals surface area contributed by atoms with Crippen LogP contribution in [0.2, 0.25) is 0 Å². The van der Waals surface area contributed by atoms with E-state index in [1.165, 1.54) is 42.3 Å². The Morgan fingerprint density at radius 1 is 1.05 bits per heavy atom. The van der Waals surface area contributed by atoms with E-state index in [1.807, 2.05) is 32.1 Å². The molecule has 0 bridgehead atoms. The highest BCUT2D eigenvalue weighted by atomic mass is 32.2. The Kier molecular flexibility index (Phi) is 10.3. The molecule has 2 aromatic carbocycles. The van der Waals surface area contributed by atoms with Crippen LogP contribution in [0.5, 0.6) is 0 Å². The quantitative estimate of drug-likeness (QED) is 0.219. The average molecular weight is 525 g/mol. The van der Waals surface area contributed by atoms with Gasteiger partial charge >= 0.3 is 0 Å². The molecule has 2 atom stereocenters. The number of fused-ring (bicyclic) bond motifs is 2. The van der Waals surface area contributed by atoms with Crippen molar-refractivity contribution in [1.29, 1.82) is 0 Å². The van der Waals surface area contributed by atoms with Crippen LogP contribution in [-0.2, 0) is 0 Å². The van der Waals surface area contributed by atoms with E-state index in [0.717, 1.165) is 31.6 Å². The summed E-state index contributed by atoms with van der Waals surface area (Å²) >= 11 is 1.87. The first kappa shape index (κ1) is 28.8. The summed E-state index contributed by atoms with van der Waals surface area (Å²) in [7, 11) is 0. The zero-order valence-electron chi connectivity index (χ0n) is 22.5. The highest BCUT2D eigenvalue weighted by Gasteiger charge is 2.29. The highest BCUT2D eigenvalue weighted by Crippen LogP contribution is 2.38. The predicted octanol–water partition coefficient (Wildman–Crippen LogP) is 5.67. The van der Waals surface area contributed by atoms with Crippen LogP contribution in [-0.4, -0.2) is 52.9 Å². The molecule has 200 valence electrons. The molecule has 5 rings (SSSR count). The second-order valence-corrected chi connectivity index (χ2v) is 10.7. The summed E-state index contributed by atoms with van der Waals surface area (Å²) in [6.45, 7) is 11.0. The van der Waals surface area contributed by atoms with Crippen molar-refractivity contribution in [2.45, 2.75) is 70.6 Å². The molecule has 1 fully saturated rings. The van der Waals surface area contributed by atoms with Crippen molar-refractivity contribution in [2.75, 3.05) is 18.8 Å². The number of hydrogen-bond acceptors (Lipinski definition) is 8. The summed E-state index contributed by atoms with van der Waals surface area (Å²) in [4.78, 5) is 14.2. The lowest BCUT2D eigenvalue weighted by molar-refractivity contribution is -0.127. The van der Waals surface area contributed by atoms with Crippen molar-refractivity contribution in [3.05, 3.63) is 55.1 Å². The molecular weight excluding hydrogens is 484 g/mol. The van der Waals surface area contributed by atoms with E-state index in [2.05, 4.69) is 73.2 Å². The van der Waals surface area contributed by atoms with E-state index in [1.54, 1.807) is 0 Å². The van der Waals surface area contributed by atoms with Crippen LogP contribution in [0, 0.1) is 5.92 Å². The summed E-state index contributed by atoms with van der Waals surface area (Å²) in [5, 5.41) is 18.7. The number of hydrogen-bond donors (Lipinski definition) is 3. The van der Waals surface area contributed by atoms with Gasteiger partial charge in [-0.05, 0) is 73.9 Å². The van der Waals surface area contributed by atoms with Crippen molar-refractivity contribution < 1.29 is 10.2 Å². The van der Waals surface area contributed by atoms with E-state index in [9.17, 15) is 0 Å². The van der Waals surface area contributed by atoms with E-state index in [0.29, 0.717) is 23.3 Å². The largest absolute Gasteiger partial charge is 0.382 e. The Bertz CT molecular complexity index is 1270. The Balaban J connectivity index is 0.000000489. The number of nitrogens with zero attached hydrogens (tertiary/aromatic N) is 5. The summed E-state index contributed by atoms with van der Waals surface area (Å²) < 4.78 is 4.68. The third kappa shape index (κ3) is 8.13. The first-order valence-corrected chi connectivity index (χ1v) is 13.8. The third-order valence-corrected chi connectivity index (χ3v) is 7.19. The number of imidazole rings is 1. The fraction of sp³-hybridized carbons (Fsp3) is 0.464. The van der Waals surface area contributed by atoms with Crippen molar-refractivity contribution in [2.24, 2.45) is 5.92 Å². The summed E-state index contributed by atoms with van der Waals surface area (Å²) in [6, 6.07) is 15.7. The fourth-order valence-corrected chi connectivity index (χ4v) is 5.52. The van der Waals surface area contributed by atoms with Crippen molar-refractivity contribution >= 4 is 39.7 Å². The molecule has 1 aliphatic rings. The van der Waals surface area contributed by atoms with Gasteiger partial charge in [0.25, 0.3) is 0 Å². The molecule has 9 heteroatoms. The summed E-state index contributed by atoms with van der Waals surface area (Å²) in [6.07, 6.45) is 6.92. The number of rotatable bonds is 6. The first-order valence-electron chi connectivity index (χ1n) is 13.0. The summed E-state index contributed by atoms with van der Waals surface area (Å²) in [5.41, 5.74) is 7.51. The Labute approximate surface area is 224 Å². The van der Waals surface area contributed by atoms with Crippen molar-refractivity contribution in [3.63, 3.8) is 0 Å². The van der Waals surface area contributed by atoms with Crippen LogP contribution < -0.4 is 5.73 Å². The molecule has 2 unspecified atom stereocenters.